The molecule has 3 aromatic carbocycles. The van der Waals surface area contributed by atoms with E-state index in [1.54, 1.807) is 4.57 Å². The molecule has 0 spiro atoms. The maximum absolute atomic E-state index is 14.2. The van der Waals surface area contributed by atoms with Crippen molar-refractivity contribution in [2.24, 2.45) is 0 Å². The summed E-state index contributed by atoms with van der Waals surface area (Å²) in [7, 11) is 0. The van der Waals surface area contributed by atoms with Gasteiger partial charge in [0.2, 0.25) is 0 Å². The van der Waals surface area contributed by atoms with E-state index in [2.05, 4.69) is 21.6 Å². The molecule has 2 aromatic heterocycles. The van der Waals surface area contributed by atoms with E-state index in [0.717, 1.165) is 78.2 Å². The van der Waals surface area contributed by atoms with Crippen LogP contribution in [0.4, 0.5) is 0 Å². The van der Waals surface area contributed by atoms with E-state index in [9.17, 15) is 15.0 Å². The number of benzene rings is 3. The Morgan fingerprint density at radius 1 is 0.935 bits per heavy atom. The van der Waals surface area contributed by atoms with Gasteiger partial charge in [-0.3, -0.25) is 9.36 Å². The van der Waals surface area contributed by atoms with Crippen molar-refractivity contribution in [2.75, 3.05) is 0 Å². The quantitative estimate of drug-likeness (QED) is 0.230. The van der Waals surface area contributed by atoms with E-state index >= 15 is 0 Å². The van der Waals surface area contributed by atoms with Crippen molar-refractivity contribution >= 4 is 0 Å². The Morgan fingerprint density at radius 2 is 1.63 bits per heavy atom. The second-order valence-corrected chi connectivity index (χ2v) is 11.5. The van der Waals surface area contributed by atoms with Crippen LogP contribution < -0.4 is 66.8 Å². The topological polar surface area (TPSA) is 126 Å². The molecule has 0 atom stereocenters. The Kier molecular flexibility index (Phi) is 11.6. The molecule has 0 saturated heterocycles. The fourth-order valence-corrected chi connectivity index (χ4v) is 6.06. The summed E-state index contributed by atoms with van der Waals surface area (Å²) in [6, 6.07) is 23.3. The summed E-state index contributed by atoms with van der Waals surface area (Å²) in [5.41, 5.74) is 5.75. The SMILES string of the molecule is CCCc1nc(CC)n(-c2ccc(OC3CCC(O)CC3)cc2)c(=O)c1Cc1ccc(-c2ccccc2-c2noc([O-])n2)cc1.[K+]. The summed E-state index contributed by atoms with van der Waals surface area (Å²) in [5.74, 6) is 1.74. The van der Waals surface area contributed by atoms with Gasteiger partial charge in [-0.05, 0) is 73.1 Å². The van der Waals surface area contributed by atoms with Gasteiger partial charge in [0.25, 0.3) is 5.56 Å². The minimum Gasteiger partial charge on any atom is -0.528 e. The molecule has 232 valence electrons. The van der Waals surface area contributed by atoms with Crippen LogP contribution in [0.3, 0.4) is 0 Å². The summed E-state index contributed by atoms with van der Waals surface area (Å²) < 4.78 is 12.6. The van der Waals surface area contributed by atoms with Gasteiger partial charge in [0.05, 0.1) is 23.6 Å². The molecule has 2 heterocycles. The van der Waals surface area contributed by atoms with Gasteiger partial charge in [0.1, 0.15) is 11.6 Å². The third-order valence-corrected chi connectivity index (χ3v) is 8.40. The van der Waals surface area contributed by atoms with Gasteiger partial charge in [-0.25, -0.2) is 9.97 Å². The number of hydrogen-bond acceptors (Lipinski definition) is 8. The monoisotopic (exact) mass is 644 g/mol. The van der Waals surface area contributed by atoms with Crippen LogP contribution in [0.1, 0.15) is 68.6 Å². The van der Waals surface area contributed by atoms with Gasteiger partial charge >= 0.3 is 51.4 Å². The molecule has 1 fully saturated rings. The summed E-state index contributed by atoms with van der Waals surface area (Å²) in [6.45, 7) is 4.12. The zero-order valence-electron chi connectivity index (χ0n) is 26.6. The molecular formula is C36H37KN4O5. The zero-order chi connectivity index (χ0) is 31.3. The van der Waals surface area contributed by atoms with Gasteiger partial charge in [-0.15, -0.1) is 0 Å². The van der Waals surface area contributed by atoms with Crippen LogP contribution in [0, 0.1) is 0 Å². The van der Waals surface area contributed by atoms with Crippen molar-refractivity contribution in [1.29, 1.82) is 0 Å². The van der Waals surface area contributed by atoms with Crippen LogP contribution in [0.5, 0.6) is 11.8 Å². The molecule has 5 aromatic rings. The van der Waals surface area contributed by atoms with Crippen LogP contribution in [-0.4, -0.2) is 37.0 Å². The van der Waals surface area contributed by atoms with E-state index in [-0.39, 0.29) is 75.0 Å². The Bertz CT molecular complexity index is 1810. The van der Waals surface area contributed by atoms with Crippen molar-refractivity contribution in [3.63, 3.8) is 0 Å². The van der Waals surface area contributed by atoms with Crippen molar-refractivity contribution in [3.8, 4) is 40.0 Å². The minimum atomic E-state index is -0.725. The first-order valence-corrected chi connectivity index (χ1v) is 15.7. The van der Waals surface area contributed by atoms with Gasteiger partial charge < -0.3 is 19.5 Å². The number of aryl methyl sites for hydroxylation is 2. The van der Waals surface area contributed by atoms with Crippen molar-refractivity contribution < 1.29 is 70.9 Å². The fourth-order valence-electron chi connectivity index (χ4n) is 6.06. The molecule has 6 rings (SSSR count). The molecule has 9 nitrogen and oxygen atoms in total. The number of aliphatic hydroxyl groups excluding tert-OH is 1. The molecule has 0 amide bonds. The van der Waals surface area contributed by atoms with E-state index in [0.29, 0.717) is 24.0 Å². The Balaban J connectivity index is 0.00000417. The first-order valence-electron chi connectivity index (χ1n) is 15.7. The molecule has 0 bridgehead atoms. The molecule has 1 aliphatic rings. The number of aliphatic hydroxyl groups is 1. The van der Waals surface area contributed by atoms with Crippen LogP contribution in [0.15, 0.2) is 82.1 Å². The number of ether oxygens (including phenoxy) is 1. The van der Waals surface area contributed by atoms with E-state index in [4.69, 9.17) is 9.72 Å². The number of rotatable bonds is 10. The average Bonchev–Trinajstić information content (AvgIpc) is 3.50. The summed E-state index contributed by atoms with van der Waals surface area (Å²) in [6.07, 6.45) is 5.01. The van der Waals surface area contributed by atoms with Crippen molar-refractivity contribution in [3.05, 3.63) is 106 Å². The number of nitrogens with zero attached hydrogens (tertiary/aromatic N) is 4. The van der Waals surface area contributed by atoms with Crippen LogP contribution >= 0.6 is 0 Å². The van der Waals surface area contributed by atoms with E-state index < -0.39 is 6.08 Å². The maximum Gasteiger partial charge on any atom is 1.00 e. The van der Waals surface area contributed by atoms with Crippen LogP contribution in [0.25, 0.3) is 28.2 Å². The predicted molar refractivity (Wildman–Crippen MR) is 170 cm³/mol. The smallest absolute Gasteiger partial charge is 0.528 e. The zero-order valence-corrected chi connectivity index (χ0v) is 29.7. The Hall–Kier alpha value is -3.12. The molecule has 0 aliphatic heterocycles. The Labute approximate surface area is 311 Å². The second-order valence-electron chi connectivity index (χ2n) is 11.5. The Morgan fingerprint density at radius 3 is 2.26 bits per heavy atom. The third-order valence-electron chi connectivity index (χ3n) is 8.40. The standard InChI is InChI=1S/C36H38N4O5.K/c1-3-7-32-31(22-23-10-12-24(13-11-23)29-8-5-6-9-30(29)34-38-36(43)45-39-34)35(42)40(33(4-2)37-32)25-14-18-27(19-15-25)44-28-20-16-26(41)17-21-28;/h5-6,8-15,18-19,26,28,41H,3-4,7,16-17,20-22H2,1-2H3,(H,38,39,43);/q;+1/p-1. The normalized spacial score (nSPS) is 16.2. The molecule has 46 heavy (non-hydrogen) atoms. The van der Waals surface area contributed by atoms with E-state index in [1.807, 2.05) is 79.7 Å². The summed E-state index contributed by atoms with van der Waals surface area (Å²) in [4.78, 5) is 23.1. The van der Waals surface area contributed by atoms with Gasteiger partial charge in [-0.1, -0.05) is 68.8 Å². The third kappa shape index (κ3) is 7.70. The molecule has 0 radical (unpaired) electrons. The molecule has 0 unspecified atom stereocenters. The van der Waals surface area contributed by atoms with Gasteiger partial charge in [0.15, 0.2) is 11.9 Å². The number of hydrogen-bond donors (Lipinski definition) is 1. The summed E-state index contributed by atoms with van der Waals surface area (Å²) in [5, 5.41) is 25.1. The molecule has 1 saturated carbocycles. The molecule has 10 heteroatoms. The maximum atomic E-state index is 14.2. The fraction of sp³-hybridized carbons (Fsp3) is 0.333. The molecule has 1 aliphatic carbocycles. The first-order chi connectivity index (χ1) is 21.9. The van der Waals surface area contributed by atoms with Gasteiger partial charge in [-0.2, -0.15) is 5.16 Å². The second kappa shape index (κ2) is 15.6. The molecule has 1 N–H and O–H groups in total. The van der Waals surface area contributed by atoms with Crippen LogP contribution in [0.2, 0.25) is 0 Å². The molecular weight excluding hydrogens is 608 g/mol. The van der Waals surface area contributed by atoms with Crippen molar-refractivity contribution in [1.82, 2.24) is 19.7 Å². The predicted octanol–water partition coefficient (Wildman–Crippen LogP) is 2.82. The van der Waals surface area contributed by atoms with Crippen molar-refractivity contribution in [2.45, 2.75) is 77.4 Å². The minimum absolute atomic E-state index is 0. The average molecular weight is 645 g/mol. The number of aromatic nitrogens is 4. The van der Waals surface area contributed by atoms with Gasteiger partial charge in [0, 0.05) is 24.0 Å². The first kappa shape index (κ1) is 34.2. The van der Waals surface area contributed by atoms with E-state index in [1.165, 1.54) is 0 Å². The largest absolute Gasteiger partial charge is 1.00 e. The summed E-state index contributed by atoms with van der Waals surface area (Å²) >= 11 is 0. The van der Waals surface area contributed by atoms with Crippen LogP contribution in [-0.2, 0) is 19.3 Å².